The van der Waals surface area contributed by atoms with Crippen LogP contribution < -0.4 is 0 Å². The minimum Gasteiger partial charge on any atom is -0.356 e. The summed E-state index contributed by atoms with van der Waals surface area (Å²) in [6, 6.07) is 0. The smallest absolute Gasteiger partial charge is 0.101 e. The summed E-state index contributed by atoms with van der Waals surface area (Å²) in [6.45, 7) is 9.46. The molecule has 1 aliphatic heterocycles. The van der Waals surface area contributed by atoms with Gasteiger partial charge in [0.15, 0.2) is 0 Å². The zero-order valence-electron chi connectivity index (χ0n) is 24.0. The number of nitrogens with zero attached hydrogens (tertiary/aromatic N) is 2. The molecular weight excluding hydrogens is 412 g/mol. The highest BCUT2D eigenvalue weighted by molar-refractivity contribution is 4.97. The minimum atomic E-state index is 0.643. The molecule has 0 saturated heterocycles. The Balaban J connectivity index is 2.21. The van der Waals surface area contributed by atoms with Crippen LogP contribution in [0.1, 0.15) is 175 Å². The molecule has 0 saturated carbocycles. The first-order valence-electron chi connectivity index (χ1n) is 16.0. The van der Waals surface area contributed by atoms with E-state index in [0.29, 0.717) is 6.17 Å². The molecule has 1 heterocycles. The van der Waals surface area contributed by atoms with Crippen molar-refractivity contribution >= 4 is 0 Å². The van der Waals surface area contributed by atoms with Gasteiger partial charge in [-0.1, -0.05) is 149 Å². The Hall–Kier alpha value is -0.660. The maximum Gasteiger partial charge on any atom is 0.101 e. The summed E-state index contributed by atoms with van der Waals surface area (Å²) in [4.78, 5) is 5.37. The van der Waals surface area contributed by atoms with Crippen molar-refractivity contribution in [3.05, 3.63) is 12.4 Å². The van der Waals surface area contributed by atoms with Gasteiger partial charge in [0.1, 0.15) is 6.17 Å². The number of hydrogen-bond acceptors (Lipinski definition) is 2. The summed E-state index contributed by atoms with van der Waals surface area (Å²) in [5.41, 5.74) is 0. The van der Waals surface area contributed by atoms with E-state index in [1.54, 1.807) is 0 Å². The second-order valence-corrected chi connectivity index (χ2v) is 11.1. The number of hydrogen-bond donors (Lipinski definition) is 0. The molecule has 1 aliphatic rings. The third-order valence-corrected chi connectivity index (χ3v) is 7.82. The van der Waals surface area contributed by atoms with Crippen LogP contribution in [0.2, 0.25) is 0 Å². The lowest BCUT2D eigenvalue weighted by Crippen LogP contribution is -2.39. The maximum absolute atomic E-state index is 2.69. The Morgan fingerprint density at radius 1 is 0.382 bits per heavy atom. The summed E-state index contributed by atoms with van der Waals surface area (Å²) in [5.74, 6) is 0. The van der Waals surface area contributed by atoms with Gasteiger partial charge in [0.2, 0.25) is 0 Å². The Kier molecular flexibility index (Phi) is 22.2. The molecule has 34 heavy (non-hydrogen) atoms. The fourth-order valence-corrected chi connectivity index (χ4v) is 5.48. The van der Waals surface area contributed by atoms with Gasteiger partial charge in [0.05, 0.1) is 0 Å². The molecule has 0 aliphatic carbocycles. The quantitative estimate of drug-likeness (QED) is 0.114. The van der Waals surface area contributed by atoms with E-state index in [1.165, 1.54) is 167 Å². The Morgan fingerprint density at radius 3 is 1.06 bits per heavy atom. The second-order valence-electron chi connectivity index (χ2n) is 11.1. The van der Waals surface area contributed by atoms with E-state index < -0.39 is 0 Å². The normalized spacial score (nSPS) is 15.7. The zero-order chi connectivity index (χ0) is 24.5. The maximum atomic E-state index is 2.69. The lowest BCUT2D eigenvalue weighted by Gasteiger charge is -2.33. The van der Waals surface area contributed by atoms with Gasteiger partial charge in [-0.15, -0.1) is 0 Å². The first-order valence-corrected chi connectivity index (χ1v) is 16.0. The van der Waals surface area contributed by atoms with Crippen molar-refractivity contribution in [3.8, 4) is 0 Å². The van der Waals surface area contributed by atoms with E-state index >= 15 is 0 Å². The average molecular weight is 477 g/mol. The molecule has 1 rings (SSSR count). The molecule has 2 heteroatoms. The van der Waals surface area contributed by atoms with Crippen molar-refractivity contribution in [3.63, 3.8) is 0 Å². The van der Waals surface area contributed by atoms with Crippen molar-refractivity contribution in [2.45, 2.75) is 181 Å². The Labute approximate surface area is 216 Å². The van der Waals surface area contributed by atoms with Gasteiger partial charge in [-0.3, -0.25) is 0 Å². The van der Waals surface area contributed by atoms with Gasteiger partial charge in [-0.25, -0.2) is 0 Å². The van der Waals surface area contributed by atoms with Crippen LogP contribution in [0.3, 0.4) is 0 Å². The van der Waals surface area contributed by atoms with Crippen LogP contribution in [-0.4, -0.2) is 29.1 Å². The molecule has 0 bridgehead atoms. The average Bonchev–Trinajstić information content (AvgIpc) is 3.23. The van der Waals surface area contributed by atoms with Gasteiger partial charge >= 0.3 is 0 Å². The third-order valence-electron chi connectivity index (χ3n) is 7.82. The molecule has 1 atom stereocenters. The van der Waals surface area contributed by atoms with Crippen molar-refractivity contribution in [2.75, 3.05) is 13.1 Å². The van der Waals surface area contributed by atoms with Gasteiger partial charge in [0.25, 0.3) is 0 Å². The van der Waals surface area contributed by atoms with Crippen molar-refractivity contribution in [1.29, 1.82) is 0 Å². The highest BCUT2D eigenvalue weighted by atomic mass is 15.4. The van der Waals surface area contributed by atoms with E-state index in [4.69, 9.17) is 0 Å². The largest absolute Gasteiger partial charge is 0.356 e. The standard InChI is InChI=1S/C32H64N2/c1-4-7-10-13-15-17-18-20-22-24-27-32-33(28-25-12-9-6-3)30-31-34(32)29-26-23-21-19-16-14-11-8-5-2/h30-32H,4-29H2,1-3H3. The Bertz CT molecular complexity index is 433. The molecule has 0 aromatic rings. The molecule has 1 unspecified atom stereocenters. The monoisotopic (exact) mass is 477 g/mol. The molecular formula is C32H64N2. The van der Waals surface area contributed by atoms with E-state index in [-0.39, 0.29) is 0 Å². The summed E-state index contributed by atoms with van der Waals surface area (Å²) < 4.78 is 0. The van der Waals surface area contributed by atoms with Gasteiger partial charge in [0, 0.05) is 25.5 Å². The molecule has 0 amide bonds. The van der Waals surface area contributed by atoms with Crippen LogP contribution in [0.5, 0.6) is 0 Å². The highest BCUT2D eigenvalue weighted by Crippen LogP contribution is 2.24. The van der Waals surface area contributed by atoms with Crippen LogP contribution in [0.25, 0.3) is 0 Å². The van der Waals surface area contributed by atoms with Crippen molar-refractivity contribution in [1.82, 2.24) is 9.80 Å². The van der Waals surface area contributed by atoms with Gasteiger partial charge < -0.3 is 9.80 Å². The molecule has 0 radical (unpaired) electrons. The zero-order valence-corrected chi connectivity index (χ0v) is 24.0. The third kappa shape index (κ3) is 16.9. The van der Waals surface area contributed by atoms with Gasteiger partial charge in [-0.2, -0.15) is 0 Å². The summed E-state index contributed by atoms with van der Waals surface area (Å²) in [6.07, 6.45) is 39.5. The fourth-order valence-electron chi connectivity index (χ4n) is 5.48. The SMILES string of the molecule is CCCCCCCCCCCCC1N(CCCCCC)C=CN1CCCCCCCCCCC. The fraction of sp³-hybridized carbons (Fsp3) is 0.938. The van der Waals surface area contributed by atoms with Gasteiger partial charge in [-0.05, 0) is 25.7 Å². The minimum absolute atomic E-state index is 0.643. The predicted octanol–water partition coefficient (Wildman–Crippen LogP) is 10.8. The first-order chi connectivity index (χ1) is 16.8. The van der Waals surface area contributed by atoms with Crippen LogP contribution in [-0.2, 0) is 0 Å². The molecule has 0 spiro atoms. The van der Waals surface area contributed by atoms with E-state index in [9.17, 15) is 0 Å². The predicted molar refractivity (Wildman–Crippen MR) is 154 cm³/mol. The van der Waals surface area contributed by atoms with Crippen LogP contribution in [0.15, 0.2) is 12.4 Å². The molecule has 0 fully saturated rings. The number of unbranched alkanes of at least 4 members (excludes halogenated alkanes) is 20. The van der Waals surface area contributed by atoms with Crippen molar-refractivity contribution in [2.24, 2.45) is 0 Å². The summed E-state index contributed by atoms with van der Waals surface area (Å²) >= 11 is 0. The second kappa shape index (κ2) is 24.1. The Morgan fingerprint density at radius 2 is 0.676 bits per heavy atom. The van der Waals surface area contributed by atoms with E-state index in [2.05, 4.69) is 43.0 Å². The summed E-state index contributed by atoms with van der Waals surface area (Å²) in [7, 11) is 0. The number of rotatable bonds is 26. The van der Waals surface area contributed by atoms with Crippen LogP contribution in [0.4, 0.5) is 0 Å². The molecule has 0 aromatic carbocycles. The molecule has 0 N–H and O–H groups in total. The van der Waals surface area contributed by atoms with Crippen LogP contribution >= 0.6 is 0 Å². The lowest BCUT2D eigenvalue weighted by molar-refractivity contribution is 0.135. The van der Waals surface area contributed by atoms with E-state index in [1.807, 2.05) is 0 Å². The topological polar surface area (TPSA) is 6.48 Å². The lowest BCUT2D eigenvalue weighted by atomic mass is 10.0. The van der Waals surface area contributed by atoms with Crippen molar-refractivity contribution < 1.29 is 0 Å². The molecule has 202 valence electrons. The first kappa shape index (κ1) is 31.4. The molecule has 0 aromatic heterocycles. The molecule has 2 nitrogen and oxygen atoms in total. The van der Waals surface area contributed by atoms with E-state index in [0.717, 1.165) is 0 Å². The summed E-state index contributed by atoms with van der Waals surface area (Å²) in [5, 5.41) is 0. The van der Waals surface area contributed by atoms with Crippen LogP contribution in [0, 0.1) is 0 Å². The highest BCUT2D eigenvalue weighted by Gasteiger charge is 2.24.